The molecule has 1 aromatic rings. The molecule has 0 aliphatic heterocycles. The maximum Gasteiger partial charge on any atom is 1.00 e. The molecule has 0 atom stereocenters. The summed E-state index contributed by atoms with van der Waals surface area (Å²) in [6.07, 6.45) is 1.33. The van der Waals surface area contributed by atoms with E-state index >= 15 is 0 Å². The van der Waals surface area contributed by atoms with Crippen LogP contribution in [0.15, 0.2) is 10.7 Å². The predicted octanol–water partition coefficient (Wildman–Crippen LogP) is -0.236. The maximum absolute atomic E-state index is 4.99. The molecule has 6 heavy (non-hydrogen) atoms. The molecule has 0 saturated heterocycles. The fourth-order valence-electron chi connectivity index (χ4n) is 0.175. The SMILES string of the molecule is Nc1cnno1.[H+]. The first-order valence-corrected chi connectivity index (χ1v) is 1.42. The third-order valence-corrected chi connectivity index (χ3v) is 0.378. The van der Waals surface area contributed by atoms with Crippen LogP contribution in [0, 0.1) is 0 Å². The van der Waals surface area contributed by atoms with Gasteiger partial charge in [0.15, 0.2) is 0 Å². The van der Waals surface area contributed by atoms with Gasteiger partial charge in [0.1, 0.15) is 6.20 Å². The van der Waals surface area contributed by atoms with Crippen molar-refractivity contribution in [3.63, 3.8) is 0 Å². The van der Waals surface area contributed by atoms with Gasteiger partial charge in [-0.25, -0.2) is 0 Å². The van der Waals surface area contributed by atoms with E-state index < -0.39 is 0 Å². The summed E-state index contributed by atoms with van der Waals surface area (Å²) in [6, 6.07) is 0. The van der Waals surface area contributed by atoms with Crippen LogP contribution in [-0.4, -0.2) is 10.4 Å². The molecule has 2 N–H and O–H groups in total. The van der Waals surface area contributed by atoms with E-state index in [1.54, 1.807) is 0 Å². The van der Waals surface area contributed by atoms with Crippen molar-refractivity contribution in [2.45, 2.75) is 0 Å². The van der Waals surface area contributed by atoms with Crippen molar-refractivity contribution in [1.29, 1.82) is 0 Å². The van der Waals surface area contributed by atoms with Gasteiger partial charge in [0.2, 0.25) is 5.88 Å². The van der Waals surface area contributed by atoms with Crippen LogP contribution in [0.5, 0.6) is 0 Å². The number of nitrogens with two attached hydrogens (primary N) is 1. The van der Waals surface area contributed by atoms with Crippen molar-refractivity contribution in [2.24, 2.45) is 0 Å². The van der Waals surface area contributed by atoms with E-state index in [1.165, 1.54) is 6.20 Å². The Balaban J connectivity index is 0.000000360. The molecule has 0 spiro atoms. The average molecular weight is 86.1 g/mol. The lowest BCUT2D eigenvalue weighted by Gasteiger charge is -1.64. The number of nitrogen functional groups attached to an aromatic ring is 1. The molecule has 0 amide bonds. The van der Waals surface area contributed by atoms with Crippen molar-refractivity contribution in [3.05, 3.63) is 6.20 Å². The van der Waals surface area contributed by atoms with Crippen LogP contribution in [0.2, 0.25) is 0 Å². The Morgan fingerprint density at radius 3 is 3.00 bits per heavy atom. The molecule has 0 aliphatic rings. The van der Waals surface area contributed by atoms with E-state index in [2.05, 4.69) is 14.9 Å². The van der Waals surface area contributed by atoms with Crippen molar-refractivity contribution < 1.29 is 5.95 Å². The number of nitrogens with zero attached hydrogens (tertiary/aromatic N) is 2. The van der Waals surface area contributed by atoms with Gasteiger partial charge >= 0.3 is 1.43 Å². The molecule has 0 radical (unpaired) electrons. The topological polar surface area (TPSA) is 64.9 Å². The summed E-state index contributed by atoms with van der Waals surface area (Å²) in [5.74, 6) is 0.245. The summed E-state index contributed by atoms with van der Waals surface area (Å²) in [6.45, 7) is 0. The zero-order valence-corrected chi connectivity index (χ0v) is 2.96. The molecule has 0 fully saturated rings. The molecular formula is C2H4N3O+. The molecule has 32 valence electrons. The van der Waals surface area contributed by atoms with Gasteiger partial charge in [-0.1, -0.05) is 0 Å². The van der Waals surface area contributed by atoms with Crippen LogP contribution in [0.3, 0.4) is 0 Å². The van der Waals surface area contributed by atoms with Crippen LogP contribution in [0.4, 0.5) is 5.88 Å². The van der Waals surface area contributed by atoms with Gasteiger partial charge in [-0.3, -0.25) is 0 Å². The van der Waals surface area contributed by atoms with Gasteiger partial charge in [0, 0.05) is 5.27 Å². The monoisotopic (exact) mass is 86.0 g/mol. The van der Waals surface area contributed by atoms with E-state index in [4.69, 9.17) is 5.73 Å². The molecule has 1 rings (SSSR count). The third-order valence-electron chi connectivity index (χ3n) is 0.378. The summed E-state index contributed by atoms with van der Waals surface area (Å²) < 4.78 is 4.25. The highest BCUT2D eigenvalue weighted by Gasteiger charge is 1.80. The summed E-state index contributed by atoms with van der Waals surface area (Å²) >= 11 is 0. The largest absolute Gasteiger partial charge is 1.00 e. The lowest BCUT2D eigenvalue weighted by atomic mass is 10.9. The summed E-state index contributed by atoms with van der Waals surface area (Å²) in [4.78, 5) is 0. The summed E-state index contributed by atoms with van der Waals surface area (Å²) in [5, 5.41) is 6.35. The van der Waals surface area contributed by atoms with Crippen LogP contribution < -0.4 is 5.73 Å². The lowest BCUT2D eigenvalue weighted by Crippen LogP contribution is -1.75. The van der Waals surface area contributed by atoms with Crippen molar-refractivity contribution in [2.75, 3.05) is 5.73 Å². The molecule has 0 saturated carbocycles. The van der Waals surface area contributed by atoms with Gasteiger partial charge in [0.05, 0.1) is 0 Å². The summed E-state index contributed by atoms with van der Waals surface area (Å²) in [5.41, 5.74) is 4.99. The number of rotatable bonds is 0. The van der Waals surface area contributed by atoms with E-state index in [-0.39, 0.29) is 7.31 Å². The second-order valence-corrected chi connectivity index (χ2v) is 0.820. The van der Waals surface area contributed by atoms with Crippen LogP contribution in [-0.2, 0) is 0 Å². The molecule has 0 unspecified atom stereocenters. The lowest BCUT2D eigenvalue weighted by molar-refractivity contribution is 0.407. The Morgan fingerprint density at radius 2 is 2.83 bits per heavy atom. The molecular weight excluding hydrogens is 82.0 g/mol. The minimum absolute atomic E-state index is 0. The Labute approximate surface area is 35.4 Å². The normalized spacial score (nSPS) is 8.67. The third kappa shape index (κ3) is 0.314. The Hall–Kier alpha value is -1.06. The smallest absolute Gasteiger partial charge is 0.366 e. The molecule has 1 heterocycles. The average Bonchev–Trinajstić information content (AvgIpc) is 1.86. The van der Waals surface area contributed by atoms with Crippen molar-refractivity contribution in [1.82, 2.24) is 10.4 Å². The van der Waals surface area contributed by atoms with Crippen LogP contribution in [0.25, 0.3) is 0 Å². The fraction of sp³-hybridized carbons (Fsp3) is 0. The van der Waals surface area contributed by atoms with Gasteiger partial charge in [-0.05, 0) is 0 Å². The van der Waals surface area contributed by atoms with E-state index in [1.807, 2.05) is 0 Å². The molecule has 4 heteroatoms. The Bertz CT molecular complexity index is 116. The van der Waals surface area contributed by atoms with Gasteiger partial charge in [-0.15, -0.1) is 5.10 Å². The fourth-order valence-corrected chi connectivity index (χ4v) is 0.175. The van der Waals surface area contributed by atoms with Gasteiger partial charge in [-0.2, -0.15) is 0 Å². The quantitative estimate of drug-likeness (QED) is 0.473. The van der Waals surface area contributed by atoms with Crippen molar-refractivity contribution >= 4 is 5.88 Å². The number of hydrogen-bond acceptors (Lipinski definition) is 4. The minimum atomic E-state index is 0. The Kier molecular flexibility index (Phi) is 0.506. The highest BCUT2D eigenvalue weighted by Crippen LogP contribution is 1.88. The van der Waals surface area contributed by atoms with E-state index in [9.17, 15) is 0 Å². The molecule has 4 nitrogen and oxygen atoms in total. The summed E-state index contributed by atoms with van der Waals surface area (Å²) in [7, 11) is 0. The second-order valence-electron chi connectivity index (χ2n) is 0.820. The van der Waals surface area contributed by atoms with Crippen LogP contribution in [0.1, 0.15) is 1.43 Å². The highest BCUT2D eigenvalue weighted by atomic mass is 16.5. The molecule has 0 aromatic carbocycles. The first-order valence-electron chi connectivity index (χ1n) is 1.42. The number of aromatic nitrogens is 2. The first kappa shape index (κ1) is 3.14. The second kappa shape index (κ2) is 0.965. The first-order chi connectivity index (χ1) is 2.89. The molecule has 0 bridgehead atoms. The highest BCUT2D eigenvalue weighted by molar-refractivity contribution is 5.13. The minimum Gasteiger partial charge on any atom is -0.366 e. The zero-order valence-electron chi connectivity index (χ0n) is 3.96. The van der Waals surface area contributed by atoms with E-state index in [0.29, 0.717) is 0 Å². The molecule has 1 aromatic heterocycles. The number of anilines is 1. The van der Waals surface area contributed by atoms with Gasteiger partial charge < -0.3 is 10.3 Å². The standard InChI is InChI=1S/C2H3N3O/c3-2-1-4-5-6-2/h1H,3H2/p+1. The predicted molar refractivity (Wildman–Crippen MR) is 19.8 cm³/mol. The number of hydrogen-bond donors (Lipinski definition) is 1. The van der Waals surface area contributed by atoms with Crippen molar-refractivity contribution in [3.8, 4) is 0 Å². The van der Waals surface area contributed by atoms with Gasteiger partial charge in [0.25, 0.3) is 0 Å². The molecule has 0 aliphatic carbocycles. The van der Waals surface area contributed by atoms with Crippen LogP contribution >= 0.6 is 0 Å². The zero-order chi connectivity index (χ0) is 4.41. The van der Waals surface area contributed by atoms with E-state index in [0.717, 1.165) is 0 Å². The Morgan fingerprint density at radius 1 is 2.00 bits per heavy atom. The maximum atomic E-state index is 4.99.